The topological polar surface area (TPSA) is 84.9 Å². The molecular formula is C20H23NO5. The number of hydrogen-bond donors (Lipinski definition) is 2. The van der Waals surface area contributed by atoms with Gasteiger partial charge in [-0.1, -0.05) is 35.9 Å². The molecule has 0 aliphatic carbocycles. The zero-order chi connectivity index (χ0) is 19.1. The first kappa shape index (κ1) is 19.3. The molecule has 6 nitrogen and oxygen atoms in total. The predicted octanol–water partition coefficient (Wildman–Crippen LogP) is 3.28. The quantitative estimate of drug-likeness (QED) is 0.757. The summed E-state index contributed by atoms with van der Waals surface area (Å²) in [6, 6.07) is 12.8. The lowest BCUT2D eigenvalue weighted by atomic mass is 9.94. The lowest BCUT2D eigenvalue weighted by molar-refractivity contribution is -0.140. The fourth-order valence-corrected chi connectivity index (χ4v) is 2.68. The van der Waals surface area contributed by atoms with Gasteiger partial charge in [-0.25, -0.2) is 0 Å². The summed E-state index contributed by atoms with van der Waals surface area (Å²) in [7, 11) is 2.98. The van der Waals surface area contributed by atoms with Crippen molar-refractivity contribution >= 4 is 17.6 Å². The number of anilines is 1. The third-order valence-corrected chi connectivity index (χ3v) is 4.07. The van der Waals surface area contributed by atoms with Gasteiger partial charge in [0.25, 0.3) is 0 Å². The molecule has 2 aromatic rings. The van der Waals surface area contributed by atoms with E-state index in [1.165, 1.54) is 14.2 Å². The average Bonchev–Trinajstić information content (AvgIpc) is 2.62. The molecule has 138 valence electrons. The highest BCUT2D eigenvalue weighted by Crippen LogP contribution is 2.34. The van der Waals surface area contributed by atoms with Gasteiger partial charge >= 0.3 is 5.97 Å². The van der Waals surface area contributed by atoms with Crippen LogP contribution in [0.25, 0.3) is 0 Å². The molecule has 0 radical (unpaired) electrons. The Labute approximate surface area is 152 Å². The highest BCUT2D eigenvalue weighted by atomic mass is 16.5. The molecule has 2 rings (SSSR count). The third-order valence-electron chi connectivity index (χ3n) is 4.07. The van der Waals surface area contributed by atoms with Crippen molar-refractivity contribution in [1.82, 2.24) is 0 Å². The van der Waals surface area contributed by atoms with Crippen LogP contribution in [0.15, 0.2) is 42.5 Å². The number of aryl methyl sites for hydroxylation is 1. The van der Waals surface area contributed by atoms with Crippen LogP contribution in [0.5, 0.6) is 11.5 Å². The van der Waals surface area contributed by atoms with Crippen molar-refractivity contribution < 1.29 is 24.2 Å². The standard InChI is InChI=1S/C20H23NO5/c1-13-7-9-14(10-8-13)11-15(12-18(22)23)20(24)21-19-16(25-2)5-4-6-17(19)26-3/h4-10,15H,11-12H2,1-3H3,(H,21,24)(H,22,23). The minimum absolute atomic E-state index is 0.267. The Bertz CT molecular complexity index is 748. The summed E-state index contributed by atoms with van der Waals surface area (Å²) >= 11 is 0. The fourth-order valence-electron chi connectivity index (χ4n) is 2.68. The molecule has 2 N–H and O–H groups in total. The van der Waals surface area contributed by atoms with Crippen molar-refractivity contribution in [3.63, 3.8) is 0 Å². The van der Waals surface area contributed by atoms with Crippen LogP contribution >= 0.6 is 0 Å². The SMILES string of the molecule is COc1cccc(OC)c1NC(=O)C(CC(=O)O)Cc1ccc(C)cc1. The number of carbonyl (C=O) groups excluding carboxylic acids is 1. The first-order valence-electron chi connectivity index (χ1n) is 8.23. The van der Waals surface area contributed by atoms with Crippen molar-refractivity contribution in [2.24, 2.45) is 5.92 Å². The van der Waals surface area contributed by atoms with E-state index in [4.69, 9.17) is 9.47 Å². The van der Waals surface area contributed by atoms with E-state index in [2.05, 4.69) is 5.32 Å². The second kappa shape index (κ2) is 8.89. The summed E-state index contributed by atoms with van der Waals surface area (Å²) < 4.78 is 10.5. The van der Waals surface area contributed by atoms with Gasteiger partial charge in [0, 0.05) is 0 Å². The van der Waals surface area contributed by atoms with Gasteiger partial charge in [0.05, 0.1) is 26.6 Å². The normalized spacial score (nSPS) is 11.5. The zero-order valence-corrected chi connectivity index (χ0v) is 15.1. The number of para-hydroxylation sites is 1. The monoisotopic (exact) mass is 357 g/mol. The van der Waals surface area contributed by atoms with Crippen LogP contribution in [0, 0.1) is 12.8 Å². The molecule has 1 atom stereocenters. The summed E-state index contributed by atoms with van der Waals surface area (Å²) in [5.41, 5.74) is 2.40. The Kier molecular flexibility index (Phi) is 6.60. The summed E-state index contributed by atoms with van der Waals surface area (Å²) in [4.78, 5) is 24.0. The van der Waals surface area contributed by atoms with Crippen molar-refractivity contribution in [3.8, 4) is 11.5 Å². The third kappa shape index (κ3) is 4.99. The molecule has 0 aliphatic heterocycles. The Morgan fingerprint density at radius 2 is 1.62 bits per heavy atom. The lowest BCUT2D eigenvalue weighted by Crippen LogP contribution is -2.27. The van der Waals surface area contributed by atoms with Gasteiger partial charge in [-0.2, -0.15) is 0 Å². The number of hydrogen-bond acceptors (Lipinski definition) is 4. The molecule has 26 heavy (non-hydrogen) atoms. The van der Waals surface area contributed by atoms with Crippen molar-refractivity contribution in [1.29, 1.82) is 0 Å². The molecule has 6 heteroatoms. The van der Waals surface area contributed by atoms with E-state index in [-0.39, 0.29) is 6.42 Å². The molecular weight excluding hydrogens is 334 g/mol. The highest BCUT2D eigenvalue weighted by molar-refractivity contribution is 5.97. The van der Waals surface area contributed by atoms with Crippen LogP contribution in [-0.2, 0) is 16.0 Å². The average molecular weight is 357 g/mol. The molecule has 0 heterocycles. The minimum atomic E-state index is -1.02. The number of amides is 1. The summed E-state index contributed by atoms with van der Waals surface area (Å²) in [5.74, 6) is -1.24. The van der Waals surface area contributed by atoms with Crippen LogP contribution in [-0.4, -0.2) is 31.2 Å². The Balaban J connectivity index is 2.24. The van der Waals surface area contributed by atoms with Crippen LogP contribution in [0.2, 0.25) is 0 Å². The maximum absolute atomic E-state index is 12.8. The van der Waals surface area contributed by atoms with Crippen LogP contribution in [0.1, 0.15) is 17.5 Å². The van der Waals surface area contributed by atoms with E-state index in [0.29, 0.717) is 23.6 Å². The van der Waals surface area contributed by atoms with E-state index < -0.39 is 17.8 Å². The Morgan fingerprint density at radius 3 is 2.12 bits per heavy atom. The predicted molar refractivity (Wildman–Crippen MR) is 98.8 cm³/mol. The molecule has 0 bridgehead atoms. The number of rotatable bonds is 8. The molecule has 1 amide bonds. The largest absolute Gasteiger partial charge is 0.494 e. The van der Waals surface area contributed by atoms with Gasteiger partial charge in [-0.3, -0.25) is 9.59 Å². The first-order chi connectivity index (χ1) is 12.4. The molecule has 0 saturated heterocycles. The van der Waals surface area contributed by atoms with E-state index in [1.54, 1.807) is 18.2 Å². The van der Waals surface area contributed by atoms with Crippen LogP contribution in [0.4, 0.5) is 5.69 Å². The molecule has 0 aliphatic rings. The van der Waals surface area contributed by atoms with Crippen molar-refractivity contribution in [2.75, 3.05) is 19.5 Å². The maximum Gasteiger partial charge on any atom is 0.304 e. The summed E-state index contributed by atoms with van der Waals surface area (Å²) in [5, 5.41) is 12.0. The summed E-state index contributed by atoms with van der Waals surface area (Å²) in [6.45, 7) is 1.97. The maximum atomic E-state index is 12.8. The number of nitrogens with one attached hydrogen (secondary N) is 1. The van der Waals surface area contributed by atoms with Crippen LogP contribution < -0.4 is 14.8 Å². The first-order valence-corrected chi connectivity index (χ1v) is 8.23. The smallest absolute Gasteiger partial charge is 0.304 e. The number of aliphatic carboxylic acids is 1. The Morgan fingerprint density at radius 1 is 1.04 bits per heavy atom. The molecule has 1 unspecified atom stereocenters. The van der Waals surface area contributed by atoms with E-state index in [0.717, 1.165) is 11.1 Å². The number of carboxylic acid groups (broad SMARTS) is 1. The van der Waals surface area contributed by atoms with E-state index in [1.807, 2.05) is 31.2 Å². The molecule has 0 fully saturated rings. The highest BCUT2D eigenvalue weighted by Gasteiger charge is 2.24. The van der Waals surface area contributed by atoms with Crippen molar-refractivity contribution in [2.45, 2.75) is 19.8 Å². The number of carbonyl (C=O) groups is 2. The number of ether oxygens (including phenoxy) is 2. The van der Waals surface area contributed by atoms with Gasteiger partial charge in [-0.15, -0.1) is 0 Å². The number of carboxylic acids is 1. The van der Waals surface area contributed by atoms with Crippen LogP contribution in [0.3, 0.4) is 0 Å². The summed E-state index contributed by atoms with van der Waals surface area (Å²) in [6.07, 6.45) is 0.0626. The Hall–Kier alpha value is -3.02. The number of benzene rings is 2. The molecule has 0 aromatic heterocycles. The molecule has 0 saturated carbocycles. The van der Waals surface area contributed by atoms with Gasteiger partial charge in [-0.05, 0) is 31.0 Å². The fraction of sp³-hybridized carbons (Fsp3) is 0.300. The van der Waals surface area contributed by atoms with Gasteiger partial charge in [0.1, 0.15) is 17.2 Å². The molecule has 2 aromatic carbocycles. The van der Waals surface area contributed by atoms with E-state index >= 15 is 0 Å². The van der Waals surface area contributed by atoms with E-state index in [9.17, 15) is 14.7 Å². The minimum Gasteiger partial charge on any atom is -0.494 e. The second-order valence-corrected chi connectivity index (χ2v) is 6.01. The van der Waals surface area contributed by atoms with Crippen molar-refractivity contribution in [3.05, 3.63) is 53.6 Å². The van der Waals surface area contributed by atoms with Gasteiger partial charge < -0.3 is 19.9 Å². The van der Waals surface area contributed by atoms with Gasteiger partial charge in [0.2, 0.25) is 5.91 Å². The second-order valence-electron chi connectivity index (χ2n) is 6.01. The number of methoxy groups -OCH3 is 2. The van der Waals surface area contributed by atoms with Gasteiger partial charge in [0.15, 0.2) is 0 Å². The molecule has 0 spiro atoms. The lowest BCUT2D eigenvalue weighted by Gasteiger charge is -2.18. The zero-order valence-electron chi connectivity index (χ0n) is 15.1.